The first-order valence-electron chi connectivity index (χ1n) is 7.14. The third kappa shape index (κ3) is 2.42. The van der Waals surface area contributed by atoms with E-state index in [4.69, 9.17) is 0 Å². The molecule has 1 aliphatic heterocycles. The summed E-state index contributed by atoms with van der Waals surface area (Å²) in [6, 6.07) is 9.89. The van der Waals surface area contributed by atoms with Crippen LogP contribution in [-0.4, -0.2) is 11.8 Å². The molecule has 2 atom stereocenters. The number of amides is 2. The van der Waals surface area contributed by atoms with Crippen LogP contribution in [0.5, 0.6) is 0 Å². The molecule has 3 rings (SSSR count). The molecule has 1 saturated heterocycles. The van der Waals surface area contributed by atoms with E-state index in [1.165, 1.54) is 12.8 Å². The van der Waals surface area contributed by atoms with E-state index < -0.39 is 0 Å². The summed E-state index contributed by atoms with van der Waals surface area (Å²) in [5.41, 5.74) is 1.05. The average molecular weight is 257 g/mol. The molecule has 3 heteroatoms. The van der Waals surface area contributed by atoms with Crippen LogP contribution in [0, 0.1) is 11.8 Å². The Bertz CT molecular complexity index is 477. The Balaban J connectivity index is 1.92. The lowest BCUT2D eigenvalue weighted by molar-refractivity contribution is -0.137. The number of hydrogen-bond donors (Lipinski definition) is 1. The summed E-state index contributed by atoms with van der Waals surface area (Å²) in [5, 5.41) is 2.50. The first-order chi connectivity index (χ1) is 9.25. The van der Waals surface area contributed by atoms with Crippen molar-refractivity contribution in [2.75, 3.05) is 0 Å². The fraction of sp³-hybridized carbons (Fsp3) is 0.500. The van der Waals surface area contributed by atoms with Gasteiger partial charge in [-0.1, -0.05) is 56.0 Å². The monoisotopic (exact) mass is 257 g/mol. The molecular formula is C16H19NO2. The Labute approximate surface area is 113 Å². The van der Waals surface area contributed by atoms with Crippen LogP contribution in [0.2, 0.25) is 0 Å². The molecule has 100 valence electrons. The summed E-state index contributed by atoms with van der Waals surface area (Å²) in [4.78, 5) is 23.9. The number of carbonyl (C=O) groups is 2. The van der Waals surface area contributed by atoms with Gasteiger partial charge in [0.25, 0.3) is 0 Å². The Morgan fingerprint density at radius 2 is 1.68 bits per heavy atom. The highest BCUT2D eigenvalue weighted by molar-refractivity contribution is 6.01. The van der Waals surface area contributed by atoms with Crippen LogP contribution in [-0.2, 0) is 9.59 Å². The fourth-order valence-corrected chi connectivity index (χ4v) is 3.68. The quantitative estimate of drug-likeness (QED) is 0.828. The van der Waals surface area contributed by atoms with Crippen molar-refractivity contribution in [1.82, 2.24) is 5.32 Å². The third-order valence-corrected chi connectivity index (χ3v) is 4.56. The minimum atomic E-state index is -0.151. The van der Waals surface area contributed by atoms with Crippen molar-refractivity contribution >= 4 is 11.8 Å². The zero-order valence-corrected chi connectivity index (χ0v) is 11.0. The molecule has 2 amide bonds. The Kier molecular flexibility index (Phi) is 3.36. The maximum Gasteiger partial charge on any atom is 0.234 e. The van der Waals surface area contributed by atoms with Crippen LogP contribution in [0.15, 0.2) is 30.3 Å². The molecule has 1 aromatic rings. The van der Waals surface area contributed by atoms with Gasteiger partial charge in [-0.05, 0) is 17.4 Å². The van der Waals surface area contributed by atoms with Crippen molar-refractivity contribution in [2.45, 2.75) is 38.0 Å². The van der Waals surface area contributed by atoms with E-state index in [0.717, 1.165) is 18.4 Å². The molecule has 19 heavy (non-hydrogen) atoms. The van der Waals surface area contributed by atoms with Crippen LogP contribution < -0.4 is 5.32 Å². The maximum absolute atomic E-state index is 12.2. The van der Waals surface area contributed by atoms with Gasteiger partial charge in [-0.2, -0.15) is 0 Å². The van der Waals surface area contributed by atoms with Gasteiger partial charge < -0.3 is 0 Å². The molecular weight excluding hydrogens is 238 g/mol. The first-order valence-corrected chi connectivity index (χ1v) is 7.14. The van der Waals surface area contributed by atoms with Crippen molar-refractivity contribution in [3.63, 3.8) is 0 Å². The minimum Gasteiger partial charge on any atom is -0.296 e. The van der Waals surface area contributed by atoms with E-state index in [1.54, 1.807) is 0 Å². The highest BCUT2D eigenvalue weighted by atomic mass is 16.2. The summed E-state index contributed by atoms with van der Waals surface area (Å²) in [5.74, 6) is 0.349. The second-order valence-corrected chi connectivity index (χ2v) is 5.71. The molecule has 0 aromatic heterocycles. The maximum atomic E-state index is 12.2. The summed E-state index contributed by atoms with van der Waals surface area (Å²) in [7, 11) is 0. The third-order valence-electron chi connectivity index (χ3n) is 4.56. The molecule has 1 N–H and O–H groups in total. The van der Waals surface area contributed by atoms with E-state index >= 15 is 0 Å². The minimum absolute atomic E-state index is 0.103. The predicted octanol–water partition coefficient (Wildman–Crippen LogP) is 2.62. The van der Waals surface area contributed by atoms with Gasteiger partial charge in [0, 0.05) is 6.42 Å². The van der Waals surface area contributed by atoms with Gasteiger partial charge in [-0.3, -0.25) is 14.9 Å². The van der Waals surface area contributed by atoms with Crippen LogP contribution >= 0.6 is 0 Å². The van der Waals surface area contributed by atoms with E-state index in [0.29, 0.717) is 12.3 Å². The van der Waals surface area contributed by atoms with Crippen molar-refractivity contribution < 1.29 is 9.59 Å². The summed E-state index contributed by atoms with van der Waals surface area (Å²) in [6.45, 7) is 0. The zero-order chi connectivity index (χ0) is 13.2. The molecule has 1 heterocycles. The first kappa shape index (κ1) is 12.4. The average Bonchev–Trinajstić information content (AvgIpc) is 2.92. The van der Waals surface area contributed by atoms with Gasteiger partial charge in [-0.15, -0.1) is 0 Å². The molecule has 2 unspecified atom stereocenters. The molecule has 3 nitrogen and oxygen atoms in total. The smallest absolute Gasteiger partial charge is 0.234 e. The number of carbonyl (C=O) groups excluding carboxylic acids is 2. The van der Waals surface area contributed by atoms with Gasteiger partial charge in [0.2, 0.25) is 11.8 Å². The topological polar surface area (TPSA) is 46.2 Å². The lowest BCUT2D eigenvalue weighted by Crippen LogP contribution is -2.46. The Hall–Kier alpha value is -1.64. The predicted molar refractivity (Wildman–Crippen MR) is 72.4 cm³/mol. The molecule has 0 radical (unpaired) electrons. The largest absolute Gasteiger partial charge is 0.296 e. The molecule has 0 spiro atoms. The van der Waals surface area contributed by atoms with Crippen LogP contribution in [0.25, 0.3) is 0 Å². The molecule has 2 fully saturated rings. The second kappa shape index (κ2) is 5.16. The molecule has 1 aromatic carbocycles. The number of imide groups is 1. The van der Waals surface area contributed by atoms with Crippen molar-refractivity contribution in [1.29, 1.82) is 0 Å². The van der Waals surface area contributed by atoms with Gasteiger partial charge in [0.1, 0.15) is 0 Å². The Morgan fingerprint density at radius 1 is 1.00 bits per heavy atom. The molecule has 0 bridgehead atoms. The van der Waals surface area contributed by atoms with Crippen LogP contribution in [0.1, 0.15) is 43.6 Å². The summed E-state index contributed by atoms with van der Waals surface area (Å²) >= 11 is 0. The zero-order valence-electron chi connectivity index (χ0n) is 11.0. The number of rotatable bonds is 2. The normalized spacial score (nSPS) is 28.4. The Morgan fingerprint density at radius 3 is 2.37 bits per heavy atom. The number of piperidine rings is 1. The second-order valence-electron chi connectivity index (χ2n) is 5.71. The standard InChI is InChI=1S/C16H19NO2/c18-14-10-13(11-6-4-5-7-11)15(16(19)17-14)12-8-2-1-3-9-12/h1-3,8-9,11,13,15H,4-7,10H2,(H,17,18,19). The number of hydrogen-bond acceptors (Lipinski definition) is 2. The lowest BCUT2D eigenvalue weighted by Gasteiger charge is -2.34. The summed E-state index contributed by atoms with van der Waals surface area (Å²) < 4.78 is 0. The van der Waals surface area contributed by atoms with Gasteiger partial charge >= 0.3 is 0 Å². The summed E-state index contributed by atoms with van der Waals surface area (Å²) in [6.07, 6.45) is 5.29. The van der Waals surface area contributed by atoms with Gasteiger partial charge in [-0.25, -0.2) is 0 Å². The van der Waals surface area contributed by atoms with Gasteiger partial charge in [0.05, 0.1) is 5.92 Å². The molecule has 1 saturated carbocycles. The van der Waals surface area contributed by atoms with Gasteiger partial charge in [0.15, 0.2) is 0 Å². The van der Waals surface area contributed by atoms with E-state index in [9.17, 15) is 9.59 Å². The lowest BCUT2D eigenvalue weighted by atomic mass is 9.73. The van der Waals surface area contributed by atoms with E-state index in [1.807, 2.05) is 30.3 Å². The highest BCUT2D eigenvalue weighted by Crippen LogP contribution is 2.42. The fourth-order valence-electron chi connectivity index (χ4n) is 3.68. The number of nitrogens with one attached hydrogen (secondary N) is 1. The van der Waals surface area contributed by atoms with Crippen molar-refractivity contribution in [3.05, 3.63) is 35.9 Å². The van der Waals surface area contributed by atoms with E-state index in [2.05, 4.69) is 5.32 Å². The highest BCUT2D eigenvalue weighted by Gasteiger charge is 2.41. The SMILES string of the molecule is O=C1CC(C2CCCC2)C(c2ccccc2)C(=O)N1. The molecule has 1 aliphatic carbocycles. The van der Waals surface area contributed by atoms with Crippen molar-refractivity contribution in [3.8, 4) is 0 Å². The van der Waals surface area contributed by atoms with Crippen LogP contribution in [0.4, 0.5) is 0 Å². The van der Waals surface area contributed by atoms with Crippen molar-refractivity contribution in [2.24, 2.45) is 11.8 Å². The van der Waals surface area contributed by atoms with E-state index in [-0.39, 0.29) is 23.7 Å². The molecule has 2 aliphatic rings. The van der Waals surface area contributed by atoms with Crippen LogP contribution in [0.3, 0.4) is 0 Å². The number of benzene rings is 1.